The quantitative estimate of drug-likeness (QED) is 0.740. The Balaban J connectivity index is 2.26. The van der Waals surface area contributed by atoms with Crippen molar-refractivity contribution in [3.8, 4) is 11.5 Å². The molecule has 0 fully saturated rings. The third-order valence-corrected chi connectivity index (χ3v) is 3.38. The molecule has 1 aliphatic rings. The number of thiocarbonyl (C=S) groups is 1. The number of ether oxygens (including phenoxy) is 1. The van der Waals surface area contributed by atoms with Crippen LogP contribution in [0.4, 0.5) is 0 Å². The number of nitrogens with one attached hydrogen (secondary N) is 1. The zero-order chi connectivity index (χ0) is 14.6. The first-order valence-corrected chi connectivity index (χ1v) is 6.73. The van der Waals surface area contributed by atoms with Crippen LogP contribution in [0.5, 0.6) is 11.5 Å². The van der Waals surface area contributed by atoms with Crippen LogP contribution in [0.15, 0.2) is 42.5 Å². The molecule has 0 amide bonds. The van der Waals surface area contributed by atoms with Gasteiger partial charge in [-0.15, -0.1) is 0 Å². The van der Waals surface area contributed by atoms with Gasteiger partial charge in [0.05, 0.1) is 12.6 Å². The molecule has 4 nitrogen and oxygen atoms in total. The molecule has 0 heterocycles. The number of nitrogens with two attached hydrogens (primary N) is 1. The standard InChI is InChI=1S/C15H18N2O2S/c1-19-13-9-11(5-6-12(13)18)10-15(17-14(16)20)7-3-2-4-8-15/h2-7,9,18H,8,10H2,1H3,(H3,16,17,20). The molecule has 106 valence electrons. The third kappa shape index (κ3) is 3.30. The van der Waals surface area contributed by atoms with Gasteiger partial charge in [-0.2, -0.15) is 0 Å². The fourth-order valence-corrected chi connectivity index (χ4v) is 2.58. The molecule has 0 bridgehead atoms. The molecule has 2 rings (SSSR count). The van der Waals surface area contributed by atoms with E-state index in [1.807, 2.05) is 24.3 Å². The molecule has 1 aliphatic carbocycles. The highest BCUT2D eigenvalue weighted by Gasteiger charge is 2.28. The van der Waals surface area contributed by atoms with Gasteiger partial charge in [-0.25, -0.2) is 0 Å². The first-order chi connectivity index (χ1) is 9.54. The Morgan fingerprint density at radius 1 is 1.50 bits per heavy atom. The van der Waals surface area contributed by atoms with Gasteiger partial charge in [-0.1, -0.05) is 30.4 Å². The molecular weight excluding hydrogens is 272 g/mol. The van der Waals surface area contributed by atoms with Gasteiger partial charge in [0.25, 0.3) is 0 Å². The monoisotopic (exact) mass is 290 g/mol. The highest BCUT2D eigenvalue weighted by atomic mass is 32.1. The summed E-state index contributed by atoms with van der Waals surface area (Å²) in [6.07, 6.45) is 9.60. The Hall–Kier alpha value is -2.01. The molecule has 0 aromatic heterocycles. The number of hydrogen-bond donors (Lipinski definition) is 3. The molecule has 5 heteroatoms. The summed E-state index contributed by atoms with van der Waals surface area (Å²) in [5, 5.41) is 13.1. The average molecular weight is 290 g/mol. The maximum Gasteiger partial charge on any atom is 0.164 e. The van der Waals surface area contributed by atoms with Crippen molar-refractivity contribution in [2.24, 2.45) is 5.73 Å². The van der Waals surface area contributed by atoms with E-state index in [0.29, 0.717) is 12.2 Å². The first-order valence-electron chi connectivity index (χ1n) is 6.32. The summed E-state index contributed by atoms with van der Waals surface area (Å²) in [7, 11) is 1.53. The Morgan fingerprint density at radius 3 is 2.90 bits per heavy atom. The van der Waals surface area contributed by atoms with Crippen molar-refractivity contribution in [2.75, 3.05) is 7.11 Å². The van der Waals surface area contributed by atoms with E-state index in [-0.39, 0.29) is 16.4 Å². The van der Waals surface area contributed by atoms with Gasteiger partial charge in [0.1, 0.15) is 0 Å². The van der Waals surface area contributed by atoms with Crippen molar-refractivity contribution in [3.05, 3.63) is 48.1 Å². The minimum Gasteiger partial charge on any atom is -0.504 e. The zero-order valence-electron chi connectivity index (χ0n) is 11.3. The smallest absolute Gasteiger partial charge is 0.164 e. The van der Waals surface area contributed by atoms with Crippen LogP contribution in [-0.4, -0.2) is 22.9 Å². The summed E-state index contributed by atoms with van der Waals surface area (Å²) >= 11 is 4.98. The number of rotatable bonds is 4. The van der Waals surface area contributed by atoms with E-state index in [1.54, 1.807) is 6.07 Å². The van der Waals surface area contributed by atoms with Crippen molar-refractivity contribution in [3.63, 3.8) is 0 Å². The maximum atomic E-state index is 9.64. The van der Waals surface area contributed by atoms with Crippen LogP contribution < -0.4 is 15.8 Å². The molecule has 0 radical (unpaired) electrons. The molecule has 1 unspecified atom stereocenters. The topological polar surface area (TPSA) is 67.5 Å². The predicted molar refractivity (Wildman–Crippen MR) is 83.9 cm³/mol. The summed E-state index contributed by atoms with van der Waals surface area (Å²) in [6, 6.07) is 5.32. The lowest BCUT2D eigenvalue weighted by atomic mass is 9.85. The fraction of sp³-hybridized carbons (Fsp3) is 0.267. The van der Waals surface area contributed by atoms with E-state index in [1.165, 1.54) is 7.11 Å². The predicted octanol–water partition coefficient (Wildman–Crippen LogP) is 2.03. The lowest BCUT2D eigenvalue weighted by Crippen LogP contribution is -2.50. The van der Waals surface area contributed by atoms with Crippen molar-refractivity contribution >= 4 is 17.3 Å². The van der Waals surface area contributed by atoms with E-state index in [2.05, 4.69) is 17.5 Å². The number of phenols is 1. The van der Waals surface area contributed by atoms with Crippen molar-refractivity contribution in [1.82, 2.24) is 5.32 Å². The maximum absolute atomic E-state index is 9.64. The van der Waals surface area contributed by atoms with Crippen molar-refractivity contribution in [2.45, 2.75) is 18.4 Å². The third-order valence-electron chi connectivity index (χ3n) is 3.28. The molecule has 1 atom stereocenters. The molecular formula is C15H18N2O2S. The number of benzene rings is 1. The lowest BCUT2D eigenvalue weighted by molar-refractivity contribution is 0.372. The summed E-state index contributed by atoms with van der Waals surface area (Å²) in [4.78, 5) is 0. The van der Waals surface area contributed by atoms with Crippen LogP contribution >= 0.6 is 12.2 Å². The second kappa shape index (κ2) is 5.96. The number of hydrogen-bond acceptors (Lipinski definition) is 3. The number of allylic oxidation sites excluding steroid dienone is 2. The van der Waals surface area contributed by atoms with Gasteiger partial charge in [-0.3, -0.25) is 0 Å². The number of phenolic OH excluding ortho intramolecular Hbond substituents is 1. The SMILES string of the molecule is COc1cc(CC2(NC(N)=S)C=CC=CC2)ccc1O. The normalized spacial score (nSPS) is 20.6. The molecule has 0 spiro atoms. The average Bonchev–Trinajstić information content (AvgIpc) is 2.41. The Morgan fingerprint density at radius 2 is 2.30 bits per heavy atom. The summed E-state index contributed by atoms with van der Waals surface area (Å²) in [6.45, 7) is 0. The van der Waals surface area contributed by atoms with Crippen LogP contribution in [0.25, 0.3) is 0 Å². The van der Waals surface area contributed by atoms with Gasteiger partial charge in [0.15, 0.2) is 16.6 Å². The second-order valence-corrected chi connectivity index (χ2v) is 5.26. The van der Waals surface area contributed by atoms with E-state index < -0.39 is 0 Å². The van der Waals surface area contributed by atoms with E-state index in [0.717, 1.165) is 12.0 Å². The van der Waals surface area contributed by atoms with Crippen molar-refractivity contribution in [1.29, 1.82) is 0 Å². The minimum absolute atomic E-state index is 0.131. The lowest BCUT2D eigenvalue weighted by Gasteiger charge is -2.33. The molecule has 0 aliphatic heterocycles. The Bertz CT molecular complexity index is 569. The highest BCUT2D eigenvalue weighted by Crippen LogP contribution is 2.30. The van der Waals surface area contributed by atoms with Gasteiger partial charge < -0.3 is 20.9 Å². The Labute approximate surface area is 123 Å². The summed E-state index contributed by atoms with van der Waals surface area (Å²) < 4.78 is 5.14. The number of aromatic hydroxyl groups is 1. The van der Waals surface area contributed by atoms with Gasteiger partial charge in [-0.05, 0) is 42.8 Å². The summed E-state index contributed by atoms with van der Waals surface area (Å²) in [5.74, 6) is 0.593. The van der Waals surface area contributed by atoms with E-state index >= 15 is 0 Å². The van der Waals surface area contributed by atoms with Crippen molar-refractivity contribution < 1.29 is 9.84 Å². The summed E-state index contributed by atoms with van der Waals surface area (Å²) in [5.41, 5.74) is 6.34. The van der Waals surface area contributed by atoms with Gasteiger partial charge in [0.2, 0.25) is 0 Å². The van der Waals surface area contributed by atoms with Crippen LogP contribution in [0.1, 0.15) is 12.0 Å². The van der Waals surface area contributed by atoms with Gasteiger partial charge >= 0.3 is 0 Å². The molecule has 1 aromatic carbocycles. The van der Waals surface area contributed by atoms with Crippen LogP contribution in [-0.2, 0) is 6.42 Å². The molecule has 0 saturated carbocycles. The molecule has 0 saturated heterocycles. The first kappa shape index (κ1) is 14.4. The highest BCUT2D eigenvalue weighted by molar-refractivity contribution is 7.80. The molecule has 20 heavy (non-hydrogen) atoms. The second-order valence-electron chi connectivity index (χ2n) is 4.82. The molecule has 1 aromatic rings. The van der Waals surface area contributed by atoms with E-state index in [4.69, 9.17) is 22.7 Å². The van der Waals surface area contributed by atoms with Gasteiger partial charge in [0, 0.05) is 0 Å². The molecule has 4 N–H and O–H groups in total. The largest absolute Gasteiger partial charge is 0.504 e. The van der Waals surface area contributed by atoms with Crippen LogP contribution in [0.2, 0.25) is 0 Å². The number of methoxy groups -OCH3 is 1. The van der Waals surface area contributed by atoms with E-state index in [9.17, 15) is 5.11 Å². The zero-order valence-corrected chi connectivity index (χ0v) is 12.1. The van der Waals surface area contributed by atoms with Crippen LogP contribution in [0, 0.1) is 0 Å². The van der Waals surface area contributed by atoms with Crippen LogP contribution in [0.3, 0.4) is 0 Å². The fourth-order valence-electron chi connectivity index (χ4n) is 2.37. The Kier molecular flexibility index (Phi) is 4.29. The minimum atomic E-state index is -0.331.